The molecule has 0 saturated carbocycles. The predicted molar refractivity (Wildman–Crippen MR) is 69.2 cm³/mol. The molecule has 18 heavy (non-hydrogen) atoms. The average Bonchev–Trinajstić information content (AvgIpc) is 2.40. The van der Waals surface area contributed by atoms with Gasteiger partial charge in [-0.05, 0) is 30.8 Å². The lowest BCUT2D eigenvalue weighted by Gasteiger charge is -2.05. The lowest BCUT2D eigenvalue weighted by molar-refractivity contribution is 0.102. The van der Waals surface area contributed by atoms with Crippen LogP contribution >= 0.6 is 0 Å². The van der Waals surface area contributed by atoms with Crippen molar-refractivity contribution in [3.63, 3.8) is 0 Å². The molecule has 0 fully saturated rings. The van der Waals surface area contributed by atoms with Gasteiger partial charge in [0.05, 0.1) is 0 Å². The van der Waals surface area contributed by atoms with Gasteiger partial charge >= 0.3 is 0 Å². The van der Waals surface area contributed by atoms with Crippen LogP contribution in [-0.2, 0) is 6.42 Å². The molecule has 0 aromatic carbocycles. The van der Waals surface area contributed by atoms with Crippen LogP contribution in [0.5, 0.6) is 0 Å². The maximum Gasteiger partial charge on any atom is 0.256 e. The van der Waals surface area contributed by atoms with Crippen molar-refractivity contribution < 1.29 is 4.79 Å². The number of hydrogen-bond acceptors (Lipinski definition) is 4. The van der Waals surface area contributed by atoms with Crippen molar-refractivity contribution >= 4 is 11.7 Å². The molecule has 2 aromatic rings. The molecule has 1 amide bonds. The number of nitrogens with one attached hydrogen (secondary N) is 1. The van der Waals surface area contributed by atoms with Crippen molar-refractivity contribution in [1.29, 1.82) is 0 Å². The molecule has 5 nitrogen and oxygen atoms in total. The van der Waals surface area contributed by atoms with Crippen LogP contribution in [0.3, 0.4) is 0 Å². The Kier molecular flexibility index (Phi) is 3.98. The Hall–Kier alpha value is -2.27. The lowest BCUT2D eigenvalue weighted by Crippen LogP contribution is -2.14. The SMILES string of the molecule is NCCc1cc(C(=O)Nc2ccccn2)ccn1. The highest BCUT2D eigenvalue weighted by atomic mass is 16.1. The second-order valence-corrected chi connectivity index (χ2v) is 3.74. The van der Waals surface area contributed by atoms with E-state index in [0.29, 0.717) is 24.3 Å². The van der Waals surface area contributed by atoms with E-state index in [-0.39, 0.29) is 5.91 Å². The summed E-state index contributed by atoms with van der Waals surface area (Å²) in [4.78, 5) is 20.1. The van der Waals surface area contributed by atoms with Crippen molar-refractivity contribution in [3.05, 3.63) is 54.0 Å². The summed E-state index contributed by atoms with van der Waals surface area (Å²) in [5.41, 5.74) is 6.83. The summed E-state index contributed by atoms with van der Waals surface area (Å²) < 4.78 is 0. The van der Waals surface area contributed by atoms with Crippen molar-refractivity contribution in [2.24, 2.45) is 5.73 Å². The van der Waals surface area contributed by atoms with Gasteiger partial charge in [-0.3, -0.25) is 9.78 Å². The number of amides is 1. The van der Waals surface area contributed by atoms with Crippen molar-refractivity contribution in [2.75, 3.05) is 11.9 Å². The Bertz CT molecular complexity index is 528. The Morgan fingerprint density at radius 1 is 1.22 bits per heavy atom. The highest BCUT2D eigenvalue weighted by Gasteiger charge is 2.07. The second-order valence-electron chi connectivity index (χ2n) is 3.74. The molecule has 0 atom stereocenters. The normalized spacial score (nSPS) is 10.1. The number of anilines is 1. The van der Waals surface area contributed by atoms with E-state index < -0.39 is 0 Å². The molecule has 2 heterocycles. The minimum Gasteiger partial charge on any atom is -0.330 e. The van der Waals surface area contributed by atoms with E-state index in [4.69, 9.17) is 5.73 Å². The molecule has 0 bridgehead atoms. The molecule has 0 aliphatic heterocycles. The van der Waals surface area contributed by atoms with Crippen LogP contribution < -0.4 is 11.1 Å². The number of rotatable bonds is 4. The molecule has 5 heteroatoms. The third kappa shape index (κ3) is 3.11. The van der Waals surface area contributed by atoms with Gasteiger partial charge in [-0.1, -0.05) is 6.07 Å². The number of carbonyl (C=O) groups is 1. The average molecular weight is 242 g/mol. The molecular formula is C13H14N4O. The smallest absolute Gasteiger partial charge is 0.256 e. The summed E-state index contributed by atoms with van der Waals surface area (Å²) in [6, 6.07) is 8.75. The summed E-state index contributed by atoms with van der Waals surface area (Å²) >= 11 is 0. The Labute approximate surface area is 105 Å². The van der Waals surface area contributed by atoms with Gasteiger partial charge in [-0.2, -0.15) is 0 Å². The van der Waals surface area contributed by atoms with Gasteiger partial charge in [0.2, 0.25) is 0 Å². The molecule has 0 radical (unpaired) electrons. The summed E-state index contributed by atoms with van der Waals surface area (Å²) in [5.74, 6) is 0.328. The monoisotopic (exact) mass is 242 g/mol. The fraction of sp³-hybridized carbons (Fsp3) is 0.154. The number of aromatic nitrogens is 2. The molecular weight excluding hydrogens is 228 g/mol. The predicted octanol–water partition coefficient (Wildman–Crippen LogP) is 1.23. The highest BCUT2D eigenvalue weighted by Crippen LogP contribution is 2.07. The molecule has 0 unspecified atom stereocenters. The first-order valence-electron chi connectivity index (χ1n) is 5.67. The van der Waals surface area contributed by atoms with Crippen LogP contribution in [0, 0.1) is 0 Å². The summed E-state index contributed by atoms with van der Waals surface area (Å²) in [6.45, 7) is 0.512. The van der Waals surface area contributed by atoms with Crippen LogP contribution in [0.1, 0.15) is 16.1 Å². The second kappa shape index (κ2) is 5.88. The summed E-state index contributed by atoms with van der Waals surface area (Å²) in [5, 5.41) is 2.72. The first-order valence-corrected chi connectivity index (χ1v) is 5.67. The molecule has 3 N–H and O–H groups in total. The van der Waals surface area contributed by atoms with Crippen molar-refractivity contribution in [3.8, 4) is 0 Å². The fourth-order valence-corrected chi connectivity index (χ4v) is 1.53. The molecule has 0 aliphatic rings. The minimum atomic E-state index is -0.200. The third-order valence-electron chi connectivity index (χ3n) is 2.39. The molecule has 2 aromatic heterocycles. The van der Waals surface area contributed by atoms with E-state index in [0.717, 1.165) is 5.69 Å². The Balaban J connectivity index is 2.11. The van der Waals surface area contributed by atoms with Crippen LogP contribution in [0.4, 0.5) is 5.82 Å². The zero-order chi connectivity index (χ0) is 12.8. The number of hydrogen-bond donors (Lipinski definition) is 2. The fourth-order valence-electron chi connectivity index (χ4n) is 1.53. The molecule has 2 rings (SSSR count). The molecule has 0 spiro atoms. The Morgan fingerprint density at radius 3 is 2.83 bits per heavy atom. The zero-order valence-electron chi connectivity index (χ0n) is 9.84. The maximum atomic E-state index is 12.0. The maximum absolute atomic E-state index is 12.0. The van der Waals surface area contributed by atoms with Gasteiger partial charge in [0.15, 0.2) is 0 Å². The van der Waals surface area contributed by atoms with Crippen LogP contribution in [0.25, 0.3) is 0 Å². The van der Waals surface area contributed by atoms with E-state index in [1.54, 1.807) is 36.7 Å². The number of nitrogens with zero attached hydrogens (tertiary/aromatic N) is 2. The van der Waals surface area contributed by atoms with Gasteiger partial charge < -0.3 is 11.1 Å². The van der Waals surface area contributed by atoms with E-state index in [9.17, 15) is 4.79 Å². The van der Waals surface area contributed by atoms with E-state index in [1.165, 1.54) is 0 Å². The Morgan fingerprint density at radius 2 is 2.11 bits per heavy atom. The van der Waals surface area contributed by atoms with E-state index >= 15 is 0 Å². The van der Waals surface area contributed by atoms with Gasteiger partial charge in [-0.15, -0.1) is 0 Å². The molecule has 0 saturated heterocycles. The summed E-state index contributed by atoms with van der Waals surface area (Å²) in [7, 11) is 0. The van der Waals surface area contributed by atoms with Gasteiger partial charge in [0.1, 0.15) is 5.82 Å². The quantitative estimate of drug-likeness (QED) is 0.845. The largest absolute Gasteiger partial charge is 0.330 e. The van der Waals surface area contributed by atoms with Crippen molar-refractivity contribution in [1.82, 2.24) is 9.97 Å². The van der Waals surface area contributed by atoms with Gasteiger partial charge in [-0.25, -0.2) is 4.98 Å². The standard InChI is InChI=1S/C13H14N4O/c14-6-4-11-9-10(5-8-15-11)13(18)17-12-3-1-2-7-16-12/h1-3,5,7-9H,4,6,14H2,(H,16,17,18). The lowest BCUT2D eigenvalue weighted by atomic mass is 10.2. The number of pyridine rings is 2. The number of carbonyl (C=O) groups excluding carboxylic acids is 1. The van der Waals surface area contributed by atoms with E-state index in [2.05, 4.69) is 15.3 Å². The topological polar surface area (TPSA) is 80.9 Å². The third-order valence-corrected chi connectivity index (χ3v) is 2.39. The van der Waals surface area contributed by atoms with Crippen LogP contribution in [-0.4, -0.2) is 22.4 Å². The zero-order valence-corrected chi connectivity index (χ0v) is 9.84. The van der Waals surface area contributed by atoms with Crippen LogP contribution in [0.15, 0.2) is 42.7 Å². The van der Waals surface area contributed by atoms with Crippen LogP contribution in [0.2, 0.25) is 0 Å². The molecule has 0 aliphatic carbocycles. The first kappa shape index (κ1) is 12.2. The van der Waals surface area contributed by atoms with E-state index in [1.807, 2.05) is 6.07 Å². The molecule has 92 valence electrons. The van der Waals surface area contributed by atoms with Crippen molar-refractivity contribution in [2.45, 2.75) is 6.42 Å². The number of nitrogens with two attached hydrogens (primary N) is 1. The van der Waals surface area contributed by atoms with Gasteiger partial charge in [0, 0.05) is 30.1 Å². The highest BCUT2D eigenvalue weighted by molar-refractivity contribution is 6.03. The first-order chi connectivity index (χ1) is 8.79. The minimum absolute atomic E-state index is 0.200. The van der Waals surface area contributed by atoms with Gasteiger partial charge in [0.25, 0.3) is 5.91 Å². The summed E-state index contributed by atoms with van der Waals surface area (Å²) in [6.07, 6.45) is 3.89.